The Morgan fingerprint density at radius 2 is 1.97 bits per heavy atom. The van der Waals surface area contributed by atoms with Crippen molar-refractivity contribution in [2.24, 2.45) is 7.05 Å². The van der Waals surface area contributed by atoms with Crippen molar-refractivity contribution in [3.05, 3.63) is 80.6 Å². The first kappa shape index (κ1) is 22.0. The van der Waals surface area contributed by atoms with Crippen LogP contribution in [0.2, 0.25) is 0 Å². The summed E-state index contributed by atoms with van der Waals surface area (Å²) in [6, 6.07) is 9.99. The van der Waals surface area contributed by atoms with E-state index in [1.54, 1.807) is 18.4 Å². The molecular formula is C27H27N5O2S. The molecule has 8 heteroatoms. The number of pyridine rings is 2. The number of benzene rings is 1. The van der Waals surface area contributed by atoms with Gasteiger partial charge in [0.25, 0.3) is 5.56 Å². The molecule has 0 saturated carbocycles. The molecule has 0 amide bonds. The molecule has 7 nitrogen and oxygen atoms in total. The summed E-state index contributed by atoms with van der Waals surface area (Å²) in [5, 5.41) is 3.00. The highest BCUT2D eigenvalue weighted by Gasteiger charge is 2.24. The summed E-state index contributed by atoms with van der Waals surface area (Å²) in [4.78, 5) is 26.4. The van der Waals surface area contributed by atoms with E-state index >= 15 is 0 Å². The van der Waals surface area contributed by atoms with E-state index in [4.69, 9.17) is 14.7 Å². The number of fused-ring (bicyclic) bond motifs is 3. The van der Waals surface area contributed by atoms with Gasteiger partial charge in [0.05, 0.1) is 18.5 Å². The molecule has 0 fully saturated rings. The molecule has 4 aromatic heterocycles. The molecule has 0 spiro atoms. The van der Waals surface area contributed by atoms with E-state index in [9.17, 15) is 4.79 Å². The van der Waals surface area contributed by atoms with Gasteiger partial charge in [-0.3, -0.25) is 14.1 Å². The van der Waals surface area contributed by atoms with Gasteiger partial charge in [0.2, 0.25) is 0 Å². The molecule has 5 heterocycles. The molecule has 0 bridgehead atoms. The molecule has 1 aliphatic heterocycles. The minimum absolute atomic E-state index is 0.0239. The van der Waals surface area contributed by atoms with Crippen LogP contribution in [0, 0.1) is 13.8 Å². The average Bonchev–Trinajstić information content (AvgIpc) is 3.42. The quantitative estimate of drug-likeness (QED) is 0.375. The summed E-state index contributed by atoms with van der Waals surface area (Å²) < 4.78 is 9.59. The molecule has 178 valence electrons. The lowest BCUT2D eigenvalue weighted by Gasteiger charge is -2.30. The van der Waals surface area contributed by atoms with E-state index in [1.165, 1.54) is 11.3 Å². The van der Waals surface area contributed by atoms with E-state index in [0.29, 0.717) is 11.3 Å². The monoisotopic (exact) mass is 485 g/mol. The highest BCUT2D eigenvalue weighted by atomic mass is 32.1. The first-order valence-corrected chi connectivity index (χ1v) is 12.6. The lowest BCUT2D eigenvalue weighted by molar-refractivity contribution is 0.237. The fourth-order valence-electron chi connectivity index (χ4n) is 5.25. The molecule has 0 atom stereocenters. The average molecular weight is 486 g/mol. The Morgan fingerprint density at radius 3 is 2.80 bits per heavy atom. The molecule has 5 aromatic rings. The maximum atomic E-state index is 13.5. The zero-order valence-corrected chi connectivity index (χ0v) is 21.1. The topological polar surface area (TPSA) is 64.7 Å². The third-order valence-corrected chi connectivity index (χ3v) is 7.85. The Kier molecular flexibility index (Phi) is 5.23. The molecule has 35 heavy (non-hydrogen) atoms. The Morgan fingerprint density at radius 1 is 1.11 bits per heavy atom. The Bertz CT molecular complexity index is 1660. The van der Waals surface area contributed by atoms with Crippen LogP contribution in [0.25, 0.3) is 27.0 Å². The van der Waals surface area contributed by atoms with Crippen molar-refractivity contribution in [3.63, 3.8) is 0 Å². The Hall–Kier alpha value is -3.49. The molecular weight excluding hydrogens is 458 g/mol. The third-order valence-electron chi connectivity index (χ3n) is 7.09. The lowest BCUT2D eigenvalue weighted by Crippen LogP contribution is -2.35. The number of rotatable bonds is 4. The number of aryl methyl sites for hydroxylation is 2. The number of ether oxygens (including phenoxy) is 1. The second kappa shape index (κ2) is 8.32. The van der Waals surface area contributed by atoms with Gasteiger partial charge in [0, 0.05) is 67.0 Å². The Balaban J connectivity index is 1.42. The summed E-state index contributed by atoms with van der Waals surface area (Å²) in [6.07, 6.45) is 2.94. The first-order chi connectivity index (χ1) is 16.9. The van der Waals surface area contributed by atoms with Crippen LogP contribution >= 0.6 is 11.3 Å². The maximum Gasteiger partial charge on any atom is 0.258 e. The number of aromatic nitrogens is 4. The lowest BCUT2D eigenvalue weighted by atomic mass is 9.96. The van der Waals surface area contributed by atoms with Gasteiger partial charge in [-0.15, -0.1) is 11.3 Å². The van der Waals surface area contributed by atoms with Crippen LogP contribution in [0.1, 0.15) is 28.3 Å². The van der Waals surface area contributed by atoms with Gasteiger partial charge in [-0.05, 0) is 49.2 Å². The van der Waals surface area contributed by atoms with Crippen LogP contribution in [-0.4, -0.2) is 37.5 Å². The standard InChI is InChI=1S/C27H27N5O2S/c1-16-5-6-20-19(7-8-24(34-4)25(20)28-16)21-13-18-14-31(10-9-22(18)30(3)26(21)33)15-23-17(2)29-27-32(23)11-12-35-27/h5-8,11-13H,9-10,14-15H2,1-4H3. The molecule has 6 rings (SSSR count). The van der Waals surface area contributed by atoms with Crippen LogP contribution in [0.3, 0.4) is 0 Å². The van der Waals surface area contributed by atoms with Gasteiger partial charge < -0.3 is 9.30 Å². The van der Waals surface area contributed by atoms with Gasteiger partial charge in [-0.25, -0.2) is 9.97 Å². The second-order valence-electron chi connectivity index (χ2n) is 9.22. The minimum Gasteiger partial charge on any atom is -0.494 e. The predicted octanol–water partition coefficient (Wildman–Crippen LogP) is 4.49. The van der Waals surface area contributed by atoms with Crippen molar-refractivity contribution in [1.82, 2.24) is 23.8 Å². The van der Waals surface area contributed by atoms with Gasteiger partial charge in [0.15, 0.2) is 4.96 Å². The second-order valence-corrected chi connectivity index (χ2v) is 10.1. The summed E-state index contributed by atoms with van der Waals surface area (Å²) in [5.41, 5.74) is 7.94. The summed E-state index contributed by atoms with van der Waals surface area (Å²) in [7, 11) is 3.54. The number of methoxy groups -OCH3 is 1. The maximum absolute atomic E-state index is 13.5. The van der Waals surface area contributed by atoms with Crippen molar-refractivity contribution in [2.75, 3.05) is 13.7 Å². The molecule has 0 aliphatic carbocycles. The number of thiazole rings is 1. The van der Waals surface area contributed by atoms with E-state index in [-0.39, 0.29) is 5.56 Å². The van der Waals surface area contributed by atoms with Gasteiger partial charge >= 0.3 is 0 Å². The third kappa shape index (κ3) is 3.56. The van der Waals surface area contributed by atoms with Gasteiger partial charge in [-0.2, -0.15) is 0 Å². The number of imidazole rings is 1. The summed E-state index contributed by atoms with van der Waals surface area (Å²) in [5.74, 6) is 0.712. The van der Waals surface area contributed by atoms with Crippen LogP contribution in [-0.2, 0) is 26.6 Å². The van der Waals surface area contributed by atoms with Crippen LogP contribution in [0.4, 0.5) is 0 Å². The number of hydrogen-bond donors (Lipinski definition) is 0. The van der Waals surface area contributed by atoms with Crippen molar-refractivity contribution in [3.8, 4) is 16.9 Å². The summed E-state index contributed by atoms with van der Waals surface area (Å²) >= 11 is 1.66. The first-order valence-electron chi connectivity index (χ1n) is 11.7. The van der Waals surface area contributed by atoms with Crippen molar-refractivity contribution in [1.29, 1.82) is 0 Å². The van der Waals surface area contributed by atoms with Crippen molar-refractivity contribution in [2.45, 2.75) is 33.4 Å². The zero-order valence-electron chi connectivity index (χ0n) is 20.3. The molecule has 0 N–H and O–H groups in total. The summed E-state index contributed by atoms with van der Waals surface area (Å²) in [6.45, 7) is 6.57. The number of nitrogens with zero attached hydrogens (tertiary/aromatic N) is 5. The normalized spacial score (nSPS) is 14.1. The van der Waals surface area contributed by atoms with E-state index < -0.39 is 0 Å². The number of hydrogen-bond acceptors (Lipinski definition) is 6. The molecule has 0 radical (unpaired) electrons. The largest absolute Gasteiger partial charge is 0.494 e. The SMILES string of the molecule is COc1ccc(-c2cc3c(n(C)c2=O)CCN(Cc2c(C)nc4sccn24)C3)c2ccc(C)nc12. The zero-order chi connectivity index (χ0) is 24.3. The fraction of sp³-hybridized carbons (Fsp3) is 0.296. The van der Waals surface area contributed by atoms with Crippen LogP contribution in [0.5, 0.6) is 5.75 Å². The van der Waals surface area contributed by atoms with E-state index in [0.717, 1.165) is 64.6 Å². The minimum atomic E-state index is 0.0239. The van der Waals surface area contributed by atoms with Crippen molar-refractivity contribution < 1.29 is 4.74 Å². The van der Waals surface area contributed by atoms with E-state index in [2.05, 4.69) is 33.9 Å². The highest BCUT2D eigenvalue weighted by Crippen LogP contribution is 2.34. The van der Waals surface area contributed by atoms with Gasteiger partial charge in [0.1, 0.15) is 11.3 Å². The van der Waals surface area contributed by atoms with Crippen molar-refractivity contribution >= 4 is 27.2 Å². The van der Waals surface area contributed by atoms with E-state index in [1.807, 2.05) is 42.8 Å². The Labute approximate surface area is 207 Å². The predicted molar refractivity (Wildman–Crippen MR) is 139 cm³/mol. The fourth-order valence-corrected chi connectivity index (χ4v) is 6.03. The van der Waals surface area contributed by atoms with Crippen LogP contribution < -0.4 is 10.3 Å². The smallest absolute Gasteiger partial charge is 0.258 e. The molecule has 0 saturated heterocycles. The van der Waals surface area contributed by atoms with Gasteiger partial charge in [-0.1, -0.05) is 6.07 Å². The highest BCUT2D eigenvalue weighted by molar-refractivity contribution is 7.15. The molecule has 1 aromatic carbocycles. The molecule has 0 unspecified atom stereocenters. The molecule has 1 aliphatic rings. The van der Waals surface area contributed by atoms with Crippen LogP contribution in [0.15, 0.2) is 46.7 Å².